The Morgan fingerprint density at radius 2 is 1.92 bits per heavy atom. The number of aryl methyl sites for hydroxylation is 1. The molecule has 0 fully saturated rings. The van der Waals surface area contributed by atoms with Gasteiger partial charge in [0.25, 0.3) is 0 Å². The summed E-state index contributed by atoms with van der Waals surface area (Å²) in [6, 6.07) is 18.7. The van der Waals surface area contributed by atoms with Crippen LogP contribution in [0.4, 0.5) is 0 Å². The van der Waals surface area contributed by atoms with Crippen LogP contribution in [-0.4, -0.2) is 27.8 Å². The van der Waals surface area contributed by atoms with Crippen LogP contribution in [0.2, 0.25) is 0 Å². The van der Waals surface area contributed by atoms with Crippen LogP contribution in [-0.2, 0) is 11.2 Å². The predicted molar refractivity (Wildman–Crippen MR) is 96.1 cm³/mol. The van der Waals surface area contributed by atoms with E-state index in [9.17, 15) is 10.1 Å². The third kappa shape index (κ3) is 4.33. The number of hydrogen-bond donors (Lipinski definition) is 1. The smallest absolute Gasteiger partial charge is 0.338 e. The second-order valence-electron chi connectivity index (χ2n) is 5.94. The minimum Gasteiger partial charge on any atom is -0.461 e. The van der Waals surface area contributed by atoms with Crippen molar-refractivity contribution in [1.29, 1.82) is 5.26 Å². The molecule has 6 heteroatoms. The van der Waals surface area contributed by atoms with Gasteiger partial charge in [-0.25, -0.2) is 9.78 Å². The maximum Gasteiger partial charge on any atom is 0.338 e. The number of ether oxygens (including phenoxy) is 1. The van der Waals surface area contributed by atoms with E-state index in [-0.39, 0.29) is 12.5 Å². The second kappa shape index (κ2) is 8.08. The summed E-state index contributed by atoms with van der Waals surface area (Å²) in [5.41, 5.74) is 2.28. The lowest BCUT2D eigenvalue weighted by Crippen LogP contribution is -2.15. The molecule has 1 heterocycles. The molecule has 26 heavy (non-hydrogen) atoms. The average molecular weight is 346 g/mol. The minimum absolute atomic E-state index is 0.0616. The number of rotatable bonds is 6. The van der Waals surface area contributed by atoms with Crippen molar-refractivity contribution in [3.63, 3.8) is 0 Å². The summed E-state index contributed by atoms with van der Waals surface area (Å²) in [7, 11) is 0. The molecule has 0 amide bonds. The molecule has 0 aliphatic rings. The van der Waals surface area contributed by atoms with Crippen molar-refractivity contribution >= 4 is 5.97 Å². The maximum atomic E-state index is 12.2. The van der Waals surface area contributed by atoms with Crippen LogP contribution in [0, 0.1) is 24.2 Å². The zero-order valence-electron chi connectivity index (χ0n) is 14.3. The number of esters is 1. The molecular weight excluding hydrogens is 328 g/mol. The summed E-state index contributed by atoms with van der Waals surface area (Å²) in [6.45, 7) is 1.88. The van der Waals surface area contributed by atoms with Crippen LogP contribution in [0.3, 0.4) is 0 Å². The normalized spacial score (nSPS) is 11.5. The zero-order chi connectivity index (χ0) is 18.4. The first-order valence-electron chi connectivity index (χ1n) is 8.26. The Balaban J connectivity index is 1.58. The highest BCUT2D eigenvalue weighted by molar-refractivity contribution is 5.89. The Kier molecular flexibility index (Phi) is 5.40. The molecule has 2 aromatic carbocycles. The molecule has 130 valence electrons. The molecule has 3 rings (SSSR count). The van der Waals surface area contributed by atoms with Gasteiger partial charge in [-0.3, -0.25) is 5.10 Å². The molecule has 0 saturated carbocycles. The van der Waals surface area contributed by atoms with Gasteiger partial charge in [-0.1, -0.05) is 42.5 Å². The molecule has 0 aliphatic heterocycles. The number of hydrogen-bond acceptors (Lipinski definition) is 5. The van der Waals surface area contributed by atoms with E-state index in [1.807, 2.05) is 37.3 Å². The van der Waals surface area contributed by atoms with E-state index >= 15 is 0 Å². The minimum atomic E-state index is -0.448. The molecule has 3 aromatic rings. The van der Waals surface area contributed by atoms with Gasteiger partial charge >= 0.3 is 5.97 Å². The van der Waals surface area contributed by atoms with Crippen LogP contribution in [0.5, 0.6) is 0 Å². The van der Waals surface area contributed by atoms with Crippen molar-refractivity contribution in [3.8, 4) is 17.5 Å². The third-order valence-corrected chi connectivity index (χ3v) is 3.90. The van der Waals surface area contributed by atoms with Gasteiger partial charge in [0.2, 0.25) is 0 Å². The van der Waals surface area contributed by atoms with Crippen molar-refractivity contribution in [2.75, 3.05) is 6.61 Å². The summed E-state index contributed by atoms with van der Waals surface area (Å²) < 4.78 is 5.30. The van der Waals surface area contributed by atoms with Gasteiger partial charge in [0.15, 0.2) is 5.82 Å². The predicted octanol–water partition coefficient (Wildman–Crippen LogP) is 3.32. The summed E-state index contributed by atoms with van der Waals surface area (Å²) >= 11 is 0. The van der Waals surface area contributed by atoms with Gasteiger partial charge in [0.1, 0.15) is 12.4 Å². The van der Waals surface area contributed by atoms with Gasteiger partial charge < -0.3 is 4.74 Å². The highest BCUT2D eigenvalue weighted by atomic mass is 16.5. The van der Waals surface area contributed by atoms with Crippen molar-refractivity contribution < 1.29 is 9.53 Å². The monoisotopic (exact) mass is 346 g/mol. The van der Waals surface area contributed by atoms with Crippen molar-refractivity contribution in [1.82, 2.24) is 15.2 Å². The Bertz CT molecular complexity index is 911. The SMILES string of the molecule is Cc1nc(-c2ccc(C(=O)OC[C@H](C#N)Cc3ccccc3)cc2)n[nH]1. The Labute approximate surface area is 151 Å². The maximum absolute atomic E-state index is 12.2. The molecule has 0 spiro atoms. The van der Waals surface area contributed by atoms with E-state index in [0.29, 0.717) is 17.8 Å². The van der Waals surface area contributed by atoms with Crippen molar-refractivity contribution in [2.45, 2.75) is 13.3 Å². The van der Waals surface area contributed by atoms with E-state index < -0.39 is 5.97 Å². The van der Waals surface area contributed by atoms with E-state index in [0.717, 1.165) is 17.0 Å². The average Bonchev–Trinajstić information content (AvgIpc) is 3.12. The van der Waals surface area contributed by atoms with Gasteiger partial charge in [-0.05, 0) is 31.0 Å². The number of carbonyl (C=O) groups excluding carboxylic acids is 1. The van der Waals surface area contributed by atoms with Gasteiger partial charge in [0.05, 0.1) is 17.6 Å². The lowest BCUT2D eigenvalue weighted by atomic mass is 10.0. The topological polar surface area (TPSA) is 91.7 Å². The van der Waals surface area contributed by atoms with Crippen LogP contribution in [0.1, 0.15) is 21.7 Å². The van der Waals surface area contributed by atoms with Crippen molar-refractivity contribution in [2.24, 2.45) is 5.92 Å². The third-order valence-electron chi connectivity index (χ3n) is 3.90. The molecule has 1 aromatic heterocycles. The second-order valence-corrected chi connectivity index (χ2v) is 5.94. The fraction of sp³-hybridized carbons (Fsp3) is 0.200. The molecule has 1 N–H and O–H groups in total. The van der Waals surface area contributed by atoms with E-state index in [4.69, 9.17) is 4.74 Å². The molecule has 0 radical (unpaired) electrons. The largest absolute Gasteiger partial charge is 0.461 e. The Morgan fingerprint density at radius 3 is 2.54 bits per heavy atom. The lowest BCUT2D eigenvalue weighted by Gasteiger charge is -2.10. The number of aromatic amines is 1. The highest BCUT2D eigenvalue weighted by Crippen LogP contribution is 2.16. The van der Waals surface area contributed by atoms with E-state index in [2.05, 4.69) is 21.3 Å². The standard InChI is InChI=1S/C20H18N4O2/c1-14-22-19(24-23-14)17-7-9-18(10-8-17)20(25)26-13-16(12-21)11-15-5-3-2-4-6-15/h2-10,16H,11,13H2,1H3,(H,22,23,24)/t16-/m0/s1. The summed E-state index contributed by atoms with van der Waals surface area (Å²) in [4.78, 5) is 16.4. The fourth-order valence-corrected chi connectivity index (χ4v) is 2.53. The summed E-state index contributed by atoms with van der Waals surface area (Å²) in [6.07, 6.45) is 0.549. The highest BCUT2D eigenvalue weighted by Gasteiger charge is 2.14. The zero-order valence-corrected chi connectivity index (χ0v) is 14.3. The van der Waals surface area contributed by atoms with E-state index in [1.54, 1.807) is 24.3 Å². The van der Waals surface area contributed by atoms with Crippen LogP contribution >= 0.6 is 0 Å². The van der Waals surface area contributed by atoms with Gasteiger partial charge in [0, 0.05) is 5.56 Å². The summed E-state index contributed by atoms with van der Waals surface area (Å²) in [5, 5.41) is 16.1. The number of nitriles is 1. The van der Waals surface area contributed by atoms with Crippen LogP contribution in [0.25, 0.3) is 11.4 Å². The molecule has 0 aliphatic carbocycles. The number of H-pyrrole nitrogens is 1. The fourth-order valence-electron chi connectivity index (χ4n) is 2.53. The number of nitrogens with zero attached hydrogens (tertiary/aromatic N) is 3. The van der Waals surface area contributed by atoms with Crippen LogP contribution < -0.4 is 0 Å². The number of nitrogens with one attached hydrogen (secondary N) is 1. The first-order chi connectivity index (χ1) is 12.7. The molecule has 0 bridgehead atoms. The first kappa shape index (κ1) is 17.4. The molecule has 1 atom stereocenters. The molecule has 0 unspecified atom stereocenters. The number of benzene rings is 2. The Hall–Kier alpha value is -3.46. The molecule has 0 saturated heterocycles. The summed E-state index contributed by atoms with van der Waals surface area (Å²) in [5.74, 6) is 0.479. The van der Waals surface area contributed by atoms with Crippen LogP contribution in [0.15, 0.2) is 54.6 Å². The molecular formula is C20H18N4O2. The molecule has 6 nitrogen and oxygen atoms in total. The number of aromatic nitrogens is 3. The first-order valence-corrected chi connectivity index (χ1v) is 8.26. The quantitative estimate of drug-likeness (QED) is 0.691. The van der Waals surface area contributed by atoms with Crippen molar-refractivity contribution in [3.05, 3.63) is 71.5 Å². The Morgan fingerprint density at radius 1 is 1.19 bits per heavy atom. The lowest BCUT2D eigenvalue weighted by molar-refractivity contribution is 0.0468. The number of carbonyl (C=O) groups is 1. The van der Waals surface area contributed by atoms with Gasteiger partial charge in [-0.15, -0.1) is 0 Å². The van der Waals surface area contributed by atoms with Gasteiger partial charge in [-0.2, -0.15) is 10.4 Å². The van der Waals surface area contributed by atoms with E-state index in [1.165, 1.54) is 0 Å².